The Balaban J connectivity index is 1.27. The fraction of sp³-hybridized carbons (Fsp3) is 0.353. The summed E-state index contributed by atoms with van der Waals surface area (Å²) < 4.78 is 0. The molecule has 0 radical (unpaired) electrons. The topological polar surface area (TPSA) is 90.0 Å². The first-order valence-corrected chi connectivity index (χ1v) is 14.8. The molecule has 0 aliphatic carbocycles. The summed E-state index contributed by atoms with van der Waals surface area (Å²) in [6.07, 6.45) is 1.41. The van der Waals surface area contributed by atoms with Gasteiger partial charge in [-0.3, -0.25) is 29.4 Å². The van der Waals surface area contributed by atoms with Crippen LogP contribution in [0.3, 0.4) is 0 Å². The second kappa shape index (κ2) is 9.91. The summed E-state index contributed by atoms with van der Waals surface area (Å²) in [6, 6.07) is 24.3. The lowest BCUT2D eigenvalue weighted by Gasteiger charge is -2.31. The average Bonchev–Trinajstić information content (AvgIpc) is 3.69. The standard InChI is InChI=1S/C34H34N4O4/c1-21(2)18-25-29-30(32(41)38(31(29)40)19-22-10-4-3-5-11-22)34(35-25)24-13-7-9-15-27(24)37(33(34)42)20-28(39)36-17-16-23-12-6-8-14-26(23)36/h3-15,21,25,29-30,35H,16-20H2,1-2H3/t25-,29+,30-,34-/m0/s1. The molecule has 0 aromatic heterocycles. The van der Waals surface area contributed by atoms with Gasteiger partial charge in [0.2, 0.25) is 17.7 Å². The number of para-hydroxylation sites is 2. The summed E-state index contributed by atoms with van der Waals surface area (Å²) in [5, 5.41) is 3.55. The van der Waals surface area contributed by atoms with Crippen molar-refractivity contribution in [3.05, 3.63) is 95.6 Å². The van der Waals surface area contributed by atoms with Crippen molar-refractivity contribution >= 4 is 35.0 Å². The van der Waals surface area contributed by atoms with Crippen LogP contribution >= 0.6 is 0 Å². The van der Waals surface area contributed by atoms with E-state index < -0.39 is 17.4 Å². The number of carbonyl (C=O) groups excluding carboxylic acids is 4. The highest BCUT2D eigenvalue weighted by atomic mass is 16.2. The fourth-order valence-corrected chi connectivity index (χ4v) is 7.61. The van der Waals surface area contributed by atoms with Gasteiger partial charge in [-0.25, -0.2) is 0 Å². The van der Waals surface area contributed by atoms with E-state index in [0.717, 1.165) is 23.2 Å². The van der Waals surface area contributed by atoms with Gasteiger partial charge < -0.3 is 9.80 Å². The quantitative estimate of drug-likeness (QED) is 0.464. The number of benzene rings is 3. The fourth-order valence-electron chi connectivity index (χ4n) is 7.61. The molecule has 2 saturated heterocycles. The lowest BCUT2D eigenvalue weighted by Crippen LogP contribution is -2.56. The zero-order valence-corrected chi connectivity index (χ0v) is 23.8. The molecule has 2 fully saturated rings. The van der Waals surface area contributed by atoms with E-state index in [2.05, 4.69) is 19.2 Å². The van der Waals surface area contributed by atoms with E-state index in [4.69, 9.17) is 0 Å². The number of likely N-dealkylation sites (tertiary alicyclic amines) is 1. The van der Waals surface area contributed by atoms with Crippen LogP contribution in [0.5, 0.6) is 0 Å². The summed E-state index contributed by atoms with van der Waals surface area (Å²) >= 11 is 0. The normalized spacial score (nSPS) is 26.0. The molecule has 0 unspecified atom stereocenters. The number of nitrogens with zero attached hydrogens (tertiary/aromatic N) is 3. The number of carbonyl (C=O) groups is 4. The molecule has 0 saturated carbocycles. The Morgan fingerprint density at radius 1 is 0.881 bits per heavy atom. The van der Waals surface area contributed by atoms with Crippen molar-refractivity contribution in [3.8, 4) is 0 Å². The van der Waals surface area contributed by atoms with Crippen LogP contribution in [-0.4, -0.2) is 47.7 Å². The lowest BCUT2D eigenvalue weighted by atomic mass is 9.76. The van der Waals surface area contributed by atoms with Crippen molar-refractivity contribution in [3.63, 3.8) is 0 Å². The number of amides is 4. The van der Waals surface area contributed by atoms with E-state index in [1.54, 1.807) is 4.90 Å². The Morgan fingerprint density at radius 2 is 1.57 bits per heavy atom. The van der Waals surface area contributed by atoms with Gasteiger partial charge in [0.05, 0.1) is 18.4 Å². The lowest BCUT2D eigenvalue weighted by molar-refractivity contribution is -0.143. The molecule has 8 nitrogen and oxygen atoms in total. The van der Waals surface area contributed by atoms with Crippen LogP contribution in [0.25, 0.3) is 0 Å². The maximum atomic E-state index is 14.7. The Morgan fingerprint density at radius 3 is 2.33 bits per heavy atom. The van der Waals surface area contributed by atoms with Crippen LogP contribution in [-0.2, 0) is 37.7 Å². The minimum Gasteiger partial charge on any atom is -0.310 e. The van der Waals surface area contributed by atoms with Gasteiger partial charge in [0.15, 0.2) is 0 Å². The van der Waals surface area contributed by atoms with Crippen LogP contribution in [0.2, 0.25) is 0 Å². The SMILES string of the molecule is CC(C)C[C@@H]1N[C@]2(C(=O)N(CC(=O)N3CCc4ccccc43)c3ccccc32)[C@@H]2C(=O)N(Cc3ccccc3)C(=O)[C@H]12. The Kier molecular flexibility index (Phi) is 6.27. The monoisotopic (exact) mass is 562 g/mol. The van der Waals surface area contributed by atoms with E-state index >= 15 is 0 Å². The van der Waals surface area contributed by atoms with Crippen LogP contribution in [0.15, 0.2) is 78.9 Å². The van der Waals surface area contributed by atoms with E-state index in [1.165, 1.54) is 9.80 Å². The third-order valence-electron chi connectivity index (χ3n) is 9.35. The summed E-state index contributed by atoms with van der Waals surface area (Å²) in [5.74, 6) is -2.40. The highest BCUT2D eigenvalue weighted by Gasteiger charge is 2.71. The van der Waals surface area contributed by atoms with Gasteiger partial charge in [-0.1, -0.05) is 80.6 Å². The first kappa shape index (κ1) is 26.6. The second-order valence-corrected chi connectivity index (χ2v) is 12.3. The Labute approximate surface area is 245 Å². The molecular weight excluding hydrogens is 528 g/mol. The molecule has 4 heterocycles. The number of anilines is 2. The second-order valence-electron chi connectivity index (χ2n) is 12.3. The molecule has 4 atom stereocenters. The van der Waals surface area contributed by atoms with Crippen molar-refractivity contribution in [1.82, 2.24) is 10.2 Å². The number of nitrogens with one attached hydrogen (secondary N) is 1. The van der Waals surface area contributed by atoms with Crippen molar-refractivity contribution < 1.29 is 19.2 Å². The van der Waals surface area contributed by atoms with E-state index in [9.17, 15) is 19.2 Å². The largest absolute Gasteiger partial charge is 0.310 e. The number of hydrogen-bond donors (Lipinski definition) is 1. The first-order valence-electron chi connectivity index (χ1n) is 14.8. The summed E-state index contributed by atoms with van der Waals surface area (Å²) in [5.41, 5.74) is 2.71. The highest BCUT2D eigenvalue weighted by Crippen LogP contribution is 2.55. The molecule has 4 aliphatic rings. The summed E-state index contributed by atoms with van der Waals surface area (Å²) in [4.78, 5) is 61.2. The highest BCUT2D eigenvalue weighted by molar-refractivity contribution is 6.18. The zero-order chi connectivity index (χ0) is 29.2. The van der Waals surface area contributed by atoms with Gasteiger partial charge >= 0.3 is 0 Å². The summed E-state index contributed by atoms with van der Waals surface area (Å²) in [7, 11) is 0. The third-order valence-corrected chi connectivity index (χ3v) is 9.35. The van der Waals surface area contributed by atoms with Crippen molar-refractivity contribution in [2.24, 2.45) is 17.8 Å². The number of imide groups is 1. The Hall–Kier alpha value is -4.30. The van der Waals surface area contributed by atoms with Crippen molar-refractivity contribution in [1.29, 1.82) is 0 Å². The number of fused-ring (bicyclic) bond motifs is 5. The van der Waals surface area contributed by atoms with Gasteiger partial charge in [-0.15, -0.1) is 0 Å². The van der Waals surface area contributed by atoms with Crippen molar-refractivity contribution in [2.75, 3.05) is 22.9 Å². The van der Waals surface area contributed by atoms with Gasteiger partial charge in [0.25, 0.3) is 5.91 Å². The minimum absolute atomic E-state index is 0.143. The molecular formula is C34H34N4O4. The predicted octanol–water partition coefficient (Wildman–Crippen LogP) is 3.64. The molecule has 7 rings (SSSR count). The maximum Gasteiger partial charge on any atom is 0.253 e. The van der Waals surface area contributed by atoms with E-state index in [1.807, 2.05) is 78.9 Å². The van der Waals surface area contributed by atoms with Crippen LogP contribution < -0.4 is 15.1 Å². The third kappa shape index (κ3) is 3.85. The molecule has 4 aliphatic heterocycles. The van der Waals surface area contributed by atoms with E-state index in [-0.39, 0.29) is 48.7 Å². The molecule has 3 aromatic rings. The Bertz CT molecular complexity index is 1600. The van der Waals surface area contributed by atoms with Crippen molar-refractivity contribution in [2.45, 2.75) is 44.8 Å². The van der Waals surface area contributed by atoms with Crippen LogP contribution in [0.4, 0.5) is 11.4 Å². The average molecular weight is 563 g/mol. The van der Waals surface area contributed by atoms with E-state index in [0.29, 0.717) is 24.2 Å². The van der Waals surface area contributed by atoms with Crippen LogP contribution in [0, 0.1) is 17.8 Å². The molecule has 214 valence electrons. The molecule has 4 amide bonds. The molecule has 1 spiro atoms. The minimum atomic E-state index is -1.41. The predicted molar refractivity (Wildman–Crippen MR) is 158 cm³/mol. The number of rotatable bonds is 6. The smallest absolute Gasteiger partial charge is 0.253 e. The summed E-state index contributed by atoms with van der Waals surface area (Å²) in [6.45, 7) is 4.74. The van der Waals surface area contributed by atoms with Crippen LogP contribution in [0.1, 0.15) is 37.0 Å². The maximum absolute atomic E-state index is 14.7. The molecule has 1 N–H and O–H groups in total. The molecule has 8 heteroatoms. The van der Waals surface area contributed by atoms with Gasteiger partial charge in [-0.05, 0) is 42.0 Å². The van der Waals surface area contributed by atoms with Gasteiger partial charge in [0.1, 0.15) is 12.1 Å². The molecule has 3 aromatic carbocycles. The first-order chi connectivity index (χ1) is 20.3. The number of hydrogen-bond acceptors (Lipinski definition) is 5. The molecule has 0 bridgehead atoms. The van der Waals surface area contributed by atoms with Gasteiger partial charge in [-0.2, -0.15) is 0 Å². The van der Waals surface area contributed by atoms with Gasteiger partial charge in [0, 0.05) is 29.5 Å². The zero-order valence-electron chi connectivity index (χ0n) is 23.8. The molecule has 42 heavy (non-hydrogen) atoms.